The lowest BCUT2D eigenvalue weighted by atomic mass is 10.0. The van der Waals surface area contributed by atoms with Gasteiger partial charge in [-0.2, -0.15) is 0 Å². The maximum absolute atomic E-state index is 12.5. The Labute approximate surface area is 134 Å². The van der Waals surface area contributed by atoms with E-state index in [1.807, 2.05) is 46.8 Å². The van der Waals surface area contributed by atoms with E-state index < -0.39 is 21.0 Å². The number of hydrogen-bond acceptors (Lipinski definition) is 3. The van der Waals surface area contributed by atoms with Crippen molar-refractivity contribution in [3.05, 3.63) is 34.4 Å². The third-order valence-electron chi connectivity index (χ3n) is 3.78. The molecule has 0 fully saturated rings. The maximum Gasteiger partial charge on any atom is 0.238 e. The molecule has 0 radical (unpaired) electrons. The van der Waals surface area contributed by atoms with Gasteiger partial charge in [0.05, 0.1) is 5.75 Å². The lowest BCUT2D eigenvalue weighted by Gasteiger charge is -2.17. The second-order valence-electron chi connectivity index (χ2n) is 6.47. The Hall–Kier alpha value is -1.36. The number of aryl methyl sites for hydroxylation is 3. The van der Waals surface area contributed by atoms with Gasteiger partial charge in [-0.05, 0) is 50.3 Å². The van der Waals surface area contributed by atoms with Crippen LogP contribution in [0.25, 0.3) is 0 Å². The van der Waals surface area contributed by atoms with Gasteiger partial charge in [0.15, 0.2) is 9.84 Å². The zero-order chi connectivity index (χ0) is 17.1. The summed E-state index contributed by atoms with van der Waals surface area (Å²) >= 11 is 0. The molecule has 0 bridgehead atoms. The SMILES string of the molecule is Cc1cc(C)c(CS(=O)(=O)C(C)C(=O)NCC(C)C)c(C)c1. The quantitative estimate of drug-likeness (QED) is 0.874. The standard InChI is InChI=1S/C17H27NO3S/c1-11(2)9-18-17(19)15(6)22(20,21)10-16-13(4)7-12(3)8-14(16)5/h7-8,11,15H,9-10H2,1-6H3,(H,18,19). The van der Waals surface area contributed by atoms with Crippen molar-refractivity contribution >= 4 is 15.7 Å². The summed E-state index contributed by atoms with van der Waals surface area (Å²) in [6.45, 7) is 11.7. The number of rotatable bonds is 6. The summed E-state index contributed by atoms with van der Waals surface area (Å²) in [6.07, 6.45) is 0. The average molecular weight is 325 g/mol. The Bertz CT molecular complexity index is 625. The van der Waals surface area contributed by atoms with Gasteiger partial charge in [0.2, 0.25) is 5.91 Å². The molecule has 1 amide bonds. The van der Waals surface area contributed by atoms with E-state index in [9.17, 15) is 13.2 Å². The first-order chi connectivity index (χ1) is 10.0. The minimum atomic E-state index is -3.53. The van der Waals surface area contributed by atoms with Crippen LogP contribution in [-0.4, -0.2) is 26.1 Å². The normalized spacial score (nSPS) is 13.2. The van der Waals surface area contributed by atoms with Crippen LogP contribution in [0.4, 0.5) is 0 Å². The van der Waals surface area contributed by atoms with Gasteiger partial charge in [-0.15, -0.1) is 0 Å². The summed E-state index contributed by atoms with van der Waals surface area (Å²) in [5, 5.41) is 1.66. The summed E-state index contributed by atoms with van der Waals surface area (Å²) in [5.74, 6) is -0.224. The summed E-state index contributed by atoms with van der Waals surface area (Å²) in [7, 11) is -3.53. The van der Waals surface area contributed by atoms with Crippen molar-refractivity contribution in [1.29, 1.82) is 0 Å². The van der Waals surface area contributed by atoms with Gasteiger partial charge in [-0.3, -0.25) is 4.79 Å². The predicted octanol–water partition coefficient (Wildman–Crippen LogP) is 2.69. The van der Waals surface area contributed by atoms with Gasteiger partial charge < -0.3 is 5.32 Å². The van der Waals surface area contributed by atoms with Crippen LogP contribution >= 0.6 is 0 Å². The lowest BCUT2D eigenvalue weighted by Crippen LogP contribution is -2.40. The second kappa shape index (κ2) is 7.27. The van der Waals surface area contributed by atoms with Crippen LogP contribution in [0.15, 0.2) is 12.1 Å². The minimum absolute atomic E-state index is 0.0960. The Balaban J connectivity index is 2.94. The number of carbonyl (C=O) groups is 1. The molecule has 0 aliphatic carbocycles. The van der Waals surface area contributed by atoms with Crippen molar-refractivity contribution < 1.29 is 13.2 Å². The van der Waals surface area contributed by atoms with E-state index in [-0.39, 0.29) is 5.75 Å². The van der Waals surface area contributed by atoms with E-state index in [4.69, 9.17) is 0 Å². The van der Waals surface area contributed by atoms with Crippen molar-refractivity contribution in [2.45, 2.75) is 52.5 Å². The Morgan fingerprint density at radius 1 is 1.09 bits per heavy atom. The molecule has 1 rings (SSSR count). The molecule has 1 unspecified atom stereocenters. The molecule has 0 aromatic heterocycles. The highest BCUT2D eigenvalue weighted by Gasteiger charge is 2.29. The summed E-state index contributed by atoms with van der Waals surface area (Å²) in [6, 6.07) is 3.95. The van der Waals surface area contributed by atoms with E-state index in [1.165, 1.54) is 6.92 Å². The van der Waals surface area contributed by atoms with Gasteiger partial charge in [0.25, 0.3) is 0 Å². The number of benzene rings is 1. The fourth-order valence-electron chi connectivity index (χ4n) is 2.38. The van der Waals surface area contributed by atoms with E-state index in [0.717, 1.165) is 22.3 Å². The summed E-state index contributed by atoms with van der Waals surface area (Å²) in [5.41, 5.74) is 3.82. The largest absolute Gasteiger partial charge is 0.355 e. The fraction of sp³-hybridized carbons (Fsp3) is 0.588. The van der Waals surface area contributed by atoms with Gasteiger partial charge in [-0.25, -0.2) is 8.42 Å². The molecule has 0 aliphatic heterocycles. The zero-order valence-electron chi connectivity index (χ0n) is 14.4. The van der Waals surface area contributed by atoms with Crippen molar-refractivity contribution in [3.8, 4) is 0 Å². The molecule has 1 atom stereocenters. The van der Waals surface area contributed by atoms with Crippen LogP contribution in [0, 0.1) is 26.7 Å². The monoisotopic (exact) mass is 325 g/mol. The topological polar surface area (TPSA) is 63.2 Å². The van der Waals surface area contributed by atoms with Crippen molar-refractivity contribution in [3.63, 3.8) is 0 Å². The lowest BCUT2D eigenvalue weighted by molar-refractivity contribution is -0.120. The van der Waals surface area contributed by atoms with Gasteiger partial charge in [-0.1, -0.05) is 31.5 Å². The smallest absolute Gasteiger partial charge is 0.238 e. The van der Waals surface area contributed by atoms with Crippen LogP contribution in [-0.2, 0) is 20.4 Å². The van der Waals surface area contributed by atoms with Crippen LogP contribution < -0.4 is 5.32 Å². The highest BCUT2D eigenvalue weighted by atomic mass is 32.2. The predicted molar refractivity (Wildman–Crippen MR) is 90.6 cm³/mol. The Morgan fingerprint density at radius 3 is 2.05 bits per heavy atom. The van der Waals surface area contributed by atoms with E-state index in [2.05, 4.69) is 5.32 Å². The molecule has 1 aromatic carbocycles. The van der Waals surface area contributed by atoms with Crippen molar-refractivity contribution in [2.24, 2.45) is 5.92 Å². The molecule has 0 saturated heterocycles. The highest BCUT2D eigenvalue weighted by Crippen LogP contribution is 2.21. The molecular formula is C17H27NO3S. The number of nitrogens with one attached hydrogen (secondary N) is 1. The molecule has 5 heteroatoms. The molecule has 4 nitrogen and oxygen atoms in total. The molecule has 22 heavy (non-hydrogen) atoms. The third kappa shape index (κ3) is 4.83. The van der Waals surface area contributed by atoms with E-state index in [0.29, 0.717) is 12.5 Å². The first kappa shape index (κ1) is 18.7. The maximum atomic E-state index is 12.5. The summed E-state index contributed by atoms with van der Waals surface area (Å²) < 4.78 is 25.0. The van der Waals surface area contributed by atoms with Crippen LogP contribution in [0.2, 0.25) is 0 Å². The molecule has 124 valence electrons. The molecule has 0 aliphatic rings. The van der Waals surface area contributed by atoms with Crippen molar-refractivity contribution in [2.75, 3.05) is 6.54 Å². The van der Waals surface area contributed by atoms with E-state index in [1.54, 1.807) is 0 Å². The van der Waals surface area contributed by atoms with Gasteiger partial charge in [0.1, 0.15) is 5.25 Å². The molecule has 1 N–H and O–H groups in total. The van der Waals surface area contributed by atoms with Crippen LogP contribution in [0.5, 0.6) is 0 Å². The highest BCUT2D eigenvalue weighted by molar-refractivity contribution is 7.92. The number of hydrogen-bond donors (Lipinski definition) is 1. The first-order valence-corrected chi connectivity index (χ1v) is 9.32. The Kier molecular flexibility index (Phi) is 6.17. The summed E-state index contributed by atoms with van der Waals surface area (Å²) in [4.78, 5) is 12.0. The molecular weight excluding hydrogens is 298 g/mol. The molecule has 1 aromatic rings. The fourth-order valence-corrected chi connectivity index (χ4v) is 3.89. The number of carbonyl (C=O) groups excluding carboxylic acids is 1. The van der Waals surface area contributed by atoms with Crippen LogP contribution in [0.3, 0.4) is 0 Å². The average Bonchev–Trinajstić information content (AvgIpc) is 2.39. The van der Waals surface area contributed by atoms with E-state index >= 15 is 0 Å². The minimum Gasteiger partial charge on any atom is -0.355 e. The van der Waals surface area contributed by atoms with Crippen LogP contribution in [0.1, 0.15) is 43.0 Å². The number of amides is 1. The van der Waals surface area contributed by atoms with Gasteiger partial charge >= 0.3 is 0 Å². The molecule has 0 spiro atoms. The third-order valence-corrected chi connectivity index (χ3v) is 5.76. The Morgan fingerprint density at radius 2 is 1.59 bits per heavy atom. The van der Waals surface area contributed by atoms with Crippen molar-refractivity contribution in [1.82, 2.24) is 5.32 Å². The molecule has 0 saturated carbocycles. The number of sulfone groups is 1. The molecule has 0 heterocycles. The second-order valence-corrected chi connectivity index (χ2v) is 8.79. The first-order valence-electron chi connectivity index (χ1n) is 7.60. The van der Waals surface area contributed by atoms with Gasteiger partial charge in [0, 0.05) is 6.54 Å². The zero-order valence-corrected chi connectivity index (χ0v) is 15.2.